The molecule has 0 spiro atoms. The topological polar surface area (TPSA) is 46.2 Å². The van der Waals surface area contributed by atoms with Gasteiger partial charge in [0.05, 0.1) is 12.1 Å². The van der Waals surface area contributed by atoms with Crippen molar-refractivity contribution >= 4 is 12.4 Å². The van der Waals surface area contributed by atoms with Gasteiger partial charge in [-0.25, -0.2) is 8.78 Å². The van der Waals surface area contributed by atoms with E-state index in [1.165, 1.54) is 19.1 Å². The Balaban J connectivity index is 0.00000256. The summed E-state index contributed by atoms with van der Waals surface area (Å²) >= 11 is 0. The van der Waals surface area contributed by atoms with E-state index in [0.29, 0.717) is 6.42 Å². The first-order chi connectivity index (χ1) is 7.49. The van der Waals surface area contributed by atoms with Crippen molar-refractivity contribution in [1.82, 2.24) is 0 Å². The van der Waals surface area contributed by atoms with Crippen LogP contribution in [0.5, 0.6) is 0 Å². The average Bonchev–Trinajstić information content (AvgIpc) is 2.26. The monoisotopic (exact) mass is 265 g/mol. The van der Waals surface area contributed by atoms with Crippen molar-refractivity contribution in [1.29, 1.82) is 0 Å². The zero-order chi connectivity index (χ0) is 12.3. The van der Waals surface area contributed by atoms with Gasteiger partial charge in [-0.3, -0.25) is 0 Å². The van der Waals surface area contributed by atoms with Crippen LogP contribution >= 0.6 is 12.4 Å². The Kier molecular flexibility index (Phi) is 6.60. The van der Waals surface area contributed by atoms with Gasteiger partial charge in [0.25, 0.3) is 0 Å². The Hall–Kier alpha value is -0.710. The summed E-state index contributed by atoms with van der Waals surface area (Å²) in [4.78, 5) is 0. The number of rotatable bonds is 4. The highest BCUT2D eigenvalue weighted by atomic mass is 35.5. The highest BCUT2D eigenvalue weighted by Gasteiger charge is 2.21. The maximum atomic E-state index is 13.5. The van der Waals surface area contributed by atoms with Crippen LogP contribution in [0.4, 0.5) is 8.78 Å². The summed E-state index contributed by atoms with van der Waals surface area (Å²) in [6.07, 6.45) is 0.364. The Bertz CT molecular complexity index is 374. The summed E-state index contributed by atoms with van der Waals surface area (Å²) in [5.74, 6) is -1.85. The van der Waals surface area contributed by atoms with E-state index < -0.39 is 23.8 Å². The van der Waals surface area contributed by atoms with Gasteiger partial charge in [-0.05, 0) is 18.9 Å². The predicted octanol–water partition coefficient (Wildman–Crippen LogP) is 2.86. The Morgan fingerprint density at radius 3 is 2.41 bits per heavy atom. The first kappa shape index (κ1) is 16.3. The number of aryl methyl sites for hydroxylation is 1. The quantitative estimate of drug-likeness (QED) is 0.879. The summed E-state index contributed by atoms with van der Waals surface area (Å²) in [5.41, 5.74) is 5.95. The van der Waals surface area contributed by atoms with E-state index in [4.69, 9.17) is 5.73 Å². The second kappa shape index (κ2) is 6.89. The van der Waals surface area contributed by atoms with Gasteiger partial charge in [-0.15, -0.1) is 12.4 Å². The molecule has 0 aromatic heterocycles. The molecule has 1 rings (SSSR count). The van der Waals surface area contributed by atoms with Crippen LogP contribution in [0.3, 0.4) is 0 Å². The molecule has 98 valence electrons. The van der Waals surface area contributed by atoms with Crippen molar-refractivity contribution in [2.75, 3.05) is 0 Å². The summed E-state index contributed by atoms with van der Waals surface area (Å²) < 4.78 is 26.8. The van der Waals surface area contributed by atoms with E-state index in [1.54, 1.807) is 0 Å². The molecule has 0 heterocycles. The minimum Gasteiger partial charge on any atom is -0.391 e. The van der Waals surface area contributed by atoms with Crippen LogP contribution in [0, 0.1) is 18.6 Å². The van der Waals surface area contributed by atoms with Gasteiger partial charge in [-0.1, -0.05) is 25.5 Å². The van der Waals surface area contributed by atoms with Crippen molar-refractivity contribution < 1.29 is 13.9 Å². The minimum absolute atomic E-state index is 0. The van der Waals surface area contributed by atoms with E-state index in [9.17, 15) is 13.9 Å². The van der Waals surface area contributed by atoms with Crippen LogP contribution in [0.25, 0.3) is 0 Å². The molecule has 5 heteroatoms. The second-order valence-electron chi connectivity index (χ2n) is 3.98. The summed E-state index contributed by atoms with van der Waals surface area (Å²) in [5, 5.41) is 9.64. The highest BCUT2D eigenvalue weighted by molar-refractivity contribution is 5.85. The molecule has 0 saturated heterocycles. The van der Waals surface area contributed by atoms with Crippen LogP contribution in [-0.4, -0.2) is 11.2 Å². The number of benzene rings is 1. The number of hydrogen-bond acceptors (Lipinski definition) is 2. The Labute approximate surface area is 106 Å². The number of aliphatic hydroxyl groups is 1. The van der Waals surface area contributed by atoms with Crippen LogP contribution < -0.4 is 5.73 Å². The van der Waals surface area contributed by atoms with Gasteiger partial charge in [0, 0.05) is 5.56 Å². The molecular formula is C12H18ClF2NO. The fourth-order valence-corrected chi connectivity index (χ4v) is 1.60. The van der Waals surface area contributed by atoms with E-state index in [1.807, 2.05) is 6.92 Å². The molecule has 3 N–H and O–H groups in total. The van der Waals surface area contributed by atoms with Crippen molar-refractivity contribution in [3.05, 3.63) is 34.9 Å². The molecule has 0 aliphatic carbocycles. The molecule has 0 bridgehead atoms. The second-order valence-corrected chi connectivity index (χ2v) is 3.98. The van der Waals surface area contributed by atoms with Crippen molar-refractivity contribution in [3.8, 4) is 0 Å². The van der Waals surface area contributed by atoms with Gasteiger partial charge in [0.2, 0.25) is 0 Å². The molecule has 0 amide bonds. The first-order valence-corrected chi connectivity index (χ1v) is 5.37. The lowest BCUT2D eigenvalue weighted by atomic mass is 9.97. The Morgan fingerprint density at radius 1 is 1.29 bits per heavy atom. The van der Waals surface area contributed by atoms with Gasteiger partial charge in [0.15, 0.2) is 11.6 Å². The minimum atomic E-state index is -0.956. The summed E-state index contributed by atoms with van der Waals surface area (Å²) in [7, 11) is 0. The predicted molar refractivity (Wildman–Crippen MR) is 66.2 cm³/mol. The zero-order valence-electron chi connectivity index (χ0n) is 9.91. The molecule has 0 unspecified atom stereocenters. The largest absolute Gasteiger partial charge is 0.391 e. The highest BCUT2D eigenvalue weighted by Crippen LogP contribution is 2.23. The van der Waals surface area contributed by atoms with E-state index in [2.05, 4.69) is 0 Å². The lowest BCUT2D eigenvalue weighted by Gasteiger charge is -2.19. The molecule has 2 atom stereocenters. The van der Waals surface area contributed by atoms with E-state index in [-0.39, 0.29) is 23.5 Å². The van der Waals surface area contributed by atoms with E-state index >= 15 is 0 Å². The van der Waals surface area contributed by atoms with Crippen LogP contribution in [-0.2, 0) is 0 Å². The van der Waals surface area contributed by atoms with E-state index in [0.717, 1.165) is 6.42 Å². The third kappa shape index (κ3) is 3.63. The molecule has 0 saturated carbocycles. The molecule has 0 aliphatic rings. The third-order valence-corrected chi connectivity index (χ3v) is 2.66. The summed E-state index contributed by atoms with van der Waals surface area (Å²) in [6.45, 7) is 3.37. The first-order valence-electron chi connectivity index (χ1n) is 5.37. The number of nitrogens with two attached hydrogens (primary N) is 1. The zero-order valence-corrected chi connectivity index (χ0v) is 10.7. The lowest BCUT2D eigenvalue weighted by molar-refractivity contribution is 0.132. The molecular weight excluding hydrogens is 248 g/mol. The van der Waals surface area contributed by atoms with Gasteiger partial charge >= 0.3 is 0 Å². The molecule has 0 aliphatic heterocycles. The molecule has 0 radical (unpaired) electrons. The molecule has 17 heavy (non-hydrogen) atoms. The standard InChI is InChI=1S/C12H17F2NO.ClH/c1-3-4-9(16)12(15)8-6-5-7(2)10(13)11(8)14;/h5-6,9,12,16H,3-4,15H2,1-2H3;1H/t9-,12+;/m1./s1. The van der Waals surface area contributed by atoms with Crippen LogP contribution in [0.1, 0.15) is 36.9 Å². The van der Waals surface area contributed by atoms with Crippen molar-refractivity contribution in [2.24, 2.45) is 5.73 Å². The fourth-order valence-electron chi connectivity index (χ4n) is 1.60. The average molecular weight is 266 g/mol. The lowest BCUT2D eigenvalue weighted by Crippen LogP contribution is -2.27. The molecule has 1 aromatic carbocycles. The third-order valence-electron chi connectivity index (χ3n) is 2.66. The normalized spacial score (nSPS) is 14.0. The number of hydrogen-bond donors (Lipinski definition) is 2. The maximum Gasteiger partial charge on any atom is 0.163 e. The fraction of sp³-hybridized carbons (Fsp3) is 0.500. The molecule has 1 aromatic rings. The Morgan fingerprint density at radius 2 is 1.88 bits per heavy atom. The molecule has 2 nitrogen and oxygen atoms in total. The summed E-state index contributed by atoms with van der Waals surface area (Å²) in [6, 6.07) is 2.01. The maximum absolute atomic E-state index is 13.5. The van der Waals surface area contributed by atoms with Crippen LogP contribution in [0.2, 0.25) is 0 Å². The molecule has 0 fully saturated rings. The SMILES string of the molecule is CCC[C@@H](O)[C@@H](N)c1ccc(C)c(F)c1F.Cl. The van der Waals surface area contributed by atoms with Gasteiger partial charge in [0.1, 0.15) is 0 Å². The smallest absolute Gasteiger partial charge is 0.163 e. The van der Waals surface area contributed by atoms with Crippen molar-refractivity contribution in [2.45, 2.75) is 38.8 Å². The van der Waals surface area contributed by atoms with Gasteiger partial charge < -0.3 is 10.8 Å². The number of aliphatic hydroxyl groups excluding tert-OH is 1. The van der Waals surface area contributed by atoms with Crippen LogP contribution in [0.15, 0.2) is 12.1 Å². The van der Waals surface area contributed by atoms with Crippen molar-refractivity contribution in [3.63, 3.8) is 0 Å². The van der Waals surface area contributed by atoms with Gasteiger partial charge in [-0.2, -0.15) is 0 Å². The number of halogens is 3.